The highest BCUT2D eigenvalue weighted by Gasteiger charge is 2.25. The number of nitrogens with zero attached hydrogens (tertiary/aromatic N) is 3. The summed E-state index contributed by atoms with van der Waals surface area (Å²) in [6.45, 7) is 10.7. The van der Waals surface area contributed by atoms with Crippen molar-refractivity contribution in [2.75, 3.05) is 26.3 Å². The van der Waals surface area contributed by atoms with Gasteiger partial charge in [-0.2, -0.15) is 5.10 Å². The Morgan fingerprint density at radius 2 is 1.90 bits per heavy atom. The highest BCUT2D eigenvalue weighted by atomic mass is 16.5. The minimum atomic E-state index is -0.211. The van der Waals surface area contributed by atoms with Crippen LogP contribution in [-0.2, 0) is 16.6 Å². The van der Waals surface area contributed by atoms with Crippen molar-refractivity contribution < 1.29 is 9.53 Å². The Labute approximate surface area is 126 Å². The van der Waals surface area contributed by atoms with E-state index < -0.39 is 0 Å². The van der Waals surface area contributed by atoms with Crippen molar-refractivity contribution >= 4 is 5.91 Å². The molecule has 2 unspecified atom stereocenters. The second-order valence-corrected chi connectivity index (χ2v) is 5.76. The van der Waals surface area contributed by atoms with Crippen LogP contribution in [0.1, 0.15) is 36.8 Å². The van der Waals surface area contributed by atoms with E-state index in [0.717, 1.165) is 11.4 Å². The Kier molecular flexibility index (Phi) is 5.00. The van der Waals surface area contributed by atoms with Crippen LogP contribution in [0.25, 0.3) is 0 Å². The zero-order valence-corrected chi connectivity index (χ0v) is 13.6. The molecule has 1 fully saturated rings. The van der Waals surface area contributed by atoms with E-state index in [1.807, 2.05) is 30.5 Å². The third-order valence-corrected chi connectivity index (χ3v) is 4.19. The summed E-state index contributed by atoms with van der Waals surface area (Å²) in [4.78, 5) is 14.3. The van der Waals surface area contributed by atoms with Crippen molar-refractivity contribution in [1.82, 2.24) is 20.0 Å². The summed E-state index contributed by atoms with van der Waals surface area (Å²) in [5.74, 6) is 0.143. The lowest BCUT2D eigenvalue weighted by Crippen LogP contribution is -2.49. The minimum absolute atomic E-state index is 0.0960. The van der Waals surface area contributed by atoms with E-state index in [2.05, 4.69) is 24.3 Å². The number of aromatic nitrogens is 2. The molecule has 118 valence electrons. The lowest BCUT2D eigenvalue weighted by Gasteiger charge is -2.30. The van der Waals surface area contributed by atoms with Crippen LogP contribution >= 0.6 is 0 Å². The maximum Gasteiger partial charge on any atom is 0.239 e. The van der Waals surface area contributed by atoms with Crippen molar-refractivity contribution in [3.8, 4) is 0 Å². The number of carbonyl (C=O) groups excluding carboxylic acids is 1. The summed E-state index contributed by atoms with van der Waals surface area (Å²) in [7, 11) is 1.95. The van der Waals surface area contributed by atoms with Gasteiger partial charge < -0.3 is 9.64 Å². The number of aryl methyl sites for hydroxylation is 2. The largest absolute Gasteiger partial charge is 0.378 e. The minimum Gasteiger partial charge on any atom is -0.378 e. The van der Waals surface area contributed by atoms with Crippen molar-refractivity contribution in [3.63, 3.8) is 0 Å². The molecular weight excluding hydrogens is 268 g/mol. The number of hydrogen-bond donors (Lipinski definition) is 1. The smallest absolute Gasteiger partial charge is 0.239 e. The molecule has 1 aromatic rings. The zero-order chi connectivity index (χ0) is 15.6. The molecule has 2 heterocycles. The van der Waals surface area contributed by atoms with E-state index in [1.165, 1.54) is 5.56 Å². The molecule has 1 N–H and O–H groups in total. The van der Waals surface area contributed by atoms with Crippen LogP contribution in [0.3, 0.4) is 0 Å². The van der Waals surface area contributed by atoms with Gasteiger partial charge in [0.25, 0.3) is 0 Å². The van der Waals surface area contributed by atoms with E-state index in [1.54, 1.807) is 0 Å². The molecule has 1 aromatic heterocycles. The van der Waals surface area contributed by atoms with Crippen LogP contribution < -0.4 is 5.32 Å². The fourth-order valence-electron chi connectivity index (χ4n) is 3.00. The van der Waals surface area contributed by atoms with Crippen LogP contribution in [0.2, 0.25) is 0 Å². The fourth-order valence-corrected chi connectivity index (χ4v) is 3.00. The van der Waals surface area contributed by atoms with Crippen molar-refractivity contribution in [3.05, 3.63) is 17.0 Å². The van der Waals surface area contributed by atoms with E-state index in [0.29, 0.717) is 26.3 Å². The summed E-state index contributed by atoms with van der Waals surface area (Å²) >= 11 is 0. The van der Waals surface area contributed by atoms with Crippen LogP contribution in [0.4, 0.5) is 0 Å². The Morgan fingerprint density at radius 3 is 2.43 bits per heavy atom. The highest BCUT2D eigenvalue weighted by Crippen LogP contribution is 2.21. The van der Waals surface area contributed by atoms with Gasteiger partial charge in [-0.25, -0.2) is 0 Å². The van der Waals surface area contributed by atoms with E-state index in [-0.39, 0.29) is 18.0 Å². The summed E-state index contributed by atoms with van der Waals surface area (Å²) in [6.07, 6.45) is 0. The number of nitrogens with one attached hydrogen (secondary N) is 1. The molecule has 0 spiro atoms. The Bertz CT molecular complexity index is 506. The van der Waals surface area contributed by atoms with Crippen LogP contribution in [-0.4, -0.2) is 52.9 Å². The van der Waals surface area contributed by atoms with Gasteiger partial charge in [0.15, 0.2) is 0 Å². The first-order valence-electron chi connectivity index (χ1n) is 7.54. The highest BCUT2D eigenvalue weighted by molar-refractivity contribution is 5.81. The molecule has 21 heavy (non-hydrogen) atoms. The van der Waals surface area contributed by atoms with Gasteiger partial charge in [-0.15, -0.1) is 0 Å². The second-order valence-electron chi connectivity index (χ2n) is 5.76. The summed E-state index contributed by atoms with van der Waals surface area (Å²) < 4.78 is 7.18. The number of carbonyl (C=O) groups is 1. The average Bonchev–Trinajstić information content (AvgIpc) is 2.72. The van der Waals surface area contributed by atoms with Crippen molar-refractivity contribution in [2.24, 2.45) is 7.05 Å². The van der Waals surface area contributed by atoms with Gasteiger partial charge in [0.05, 0.1) is 24.9 Å². The number of amides is 1. The average molecular weight is 294 g/mol. The van der Waals surface area contributed by atoms with Crippen LogP contribution in [0.5, 0.6) is 0 Å². The molecule has 0 radical (unpaired) electrons. The molecule has 1 aliphatic heterocycles. The van der Waals surface area contributed by atoms with Crippen LogP contribution in [0, 0.1) is 13.8 Å². The Hall–Kier alpha value is -1.40. The lowest BCUT2D eigenvalue weighted by molar-refractivity contribution is -0.137. The van der Waals surface area contributed by atoms with E-state index >= 15 is 0 Å². The zero-order valence-electron chi connectivity index (χ0n) is 13.6. The molecule has 0 aromatic carbocycles. The maximum absolute atomic E-state index is 12.4. The molecule has 1 aliphatic rings. The molecule has 6 nitrogen and oxygen atoms in total. The van der Waals surface area contributed by atoms with E-state index in [4.69, 9.17) is 4.74 Å². The Balaban J connectivity index is 2.01. The normalized spacial score (nSPS) is 18.6. The second kappa shape index (κ2) is 6.58. The summed E-state index contributed by atoms with van der Waals surface area (Å²) in [5.41, 5.74) is 3.33. The third-order valence-electron chi connectivity index (χ3n) is 4.19. The molecular formula is C15H26N4O2. The predicted molar refractivity (Wildman–Crippen MR) is 81.1 cm³/mol. The number of rotatable bonds is 4. The molecule has 0 bridgehead atoms. The van der Waals surface area contributed by atoms with Gasteiger partial charge >= 0.3 is 0 Å². The van der Waals surface area contributed by atoms with Crippen molar-refractivity contribution in [2.45, 2.75) is 39.8 Å². The van der Waals surface area contributed by atoms with Crippen LogP contribution in [0.15, 0.2) is 0 Å². The standard InChI is InChI=1S/C15H26N4O2/c1-10(14-11(2)17-18(5)13(14)4)16-12(3)15(20)19-6-8-21-9-7-19/h10,12,16H,6-9H2,1-5H3. The van der Waals surface area contributed by atoms with Gasteiger partial charge in [0, 0.05) is 37.4 Å². The predicted octanol–water partition coefficient (Wildman–Crippen LogP) is 0.935. The lowest BCUT2D eigenvalue weighted by atomic mass is 10.1. The van der Waals surface area contributed by atoms with Gasteiger partial charge in [0.2, 0.25) is 5.91 Å². The third kappa shape index (κ3) is 3.44. The molecule has 2 atom stereocenters. The molecule has 1 saturated heterocycles. The first-order chi connectivity index (χ1) is 9.91. The van der Waals surface area contributed by atoms with Gasteiger partial charge in [-0.05, 0) is 27.7 Å². The summed E-state index contributed by atoms with van der Waals surface area (Å²) in [5, 5.41) is 7.84. The first-order valence-corrected chi connectivity index (χ1v) is 7.54. The maximum atomic E-state index is 12.4. The molecule has 2 rings (SSSR count). The quantitative estimate of drug-likeness (QED) is 0.897. The summed E-state index contributed by atoms with van der Waals surface area (Å²) in [6, 6.07) is -0.115. The monoisotopic (exact) mass is 294 g/mol. The molecule has 1 amide bonds. The number of morpholine rings is 1. The SMILES string of the molecule is Cc1nn(C)c(C)c1C(C)NC(C)C(=O)N1CCOCC1. The Morgan fingerprint density at radius 1 is 1.29 bits per heavy atom. The fraction of sp³-hybridized carbons (Fsp3) is 0.733. The molecule has 6 heteroatoms. The number of hydrogen-bond acceptors (Lipinski definition) is 4. The first kappa shape index (κ1) is 16.0. The topological polar surface area (TPSA) is 59.4 Å². The van der Waals surface area contributed by atoms with E-state index in [9.17, 15) is 4.79 Å². The molecule has 0 aliphatic carbocycles. The van der Waals surface area contributed by atoms with Crippen molar-refractivity contribution in [1.29, 1.82) is 0 Å². The van der Waals surface area contributed by atoms with Gasteiger partial charge in [-0.1, -0.05) is 0 Å². The number of ether oxygens (including phenoxy) is 1. The molecule has 0 saturated carbocycles. The van der Waals surface area contributed by atoms with Gasteiger partial charge in [0.1, 0.15) is 0 Å². The van der Waals surface area contributed by atoms with Gasteiger partial charge in [-0.3, -0.25) is 14.8 Å².